The Balaban J connectivity index is 3.22. The third-order valence-corrected chi connectivity index (χ3v) is 4.89. The Hall–Kier alpha value is -3.14. The molecule has 3 N–H and O–H groups in total. The molecule has 0 heterocycles. The van der Waals surface area contributed by atoms with E-state index >= 15 is 0 Å². The summed E-state index contributed by atoms with van der Waals surface area (Å²) >= 11 is 0. The zero-order valence-electron chi connectivity index (χ0n) is 22.1. The smallest absolute Gasteiger partial charge is 0.325 e. The fourth-order valence-corrected chi connectivity index (χ4v) is 3.20. The highest BCUT2D eigenvalue weighted by molar-refractivity contribution is 5.93. The van der Waals surface area contributed by atoms with Gasteiger partial charge in [-0.05, 0) is 51.3 Å². The second-order valence-electron chi connectivity index (χ2n) is 10.2. The maximum Gasteiger partial charge on any atom is 0.325 e. The molecule has 0 aliphatic carbocycles. The van der Waals surface area contributed by atoms with Crippen molar-refractivity contribution in [3.8, 4) is 11.5 Å². The predicted octanol–water partition coefficient (Wildman–Crippen LogP) is 2.21. The summed E-state index contributed by atoms with van der Waals surface area (Å²) in [4.78, 5) is 42.2. The van der Waals surface area contributed by atoms with Gasteiger partial charge in [0.25, 0.3) is 0 Å². The van der Waals surface area contributed by atoms with Gasteiger partial charge in [-0.2, -0.15) is 0 Å². The number of phenolic OH excluding ortho intramolecular Hbond substituents is 1. The Morgan fingerprint density at radius 1 is 1.09 bits per heavy atom. The molecule has 3 atom stereocenters. The molecule has 1 aromatic carbocycles. The van der Waals surface area contributed by atoms with E-state index in [0.29, 0.717) is 11.3 Å². The van der Waals surface area contributed by atoms with E-state index in [0.717, 1.165) is 0 Å². The minimum Gasteiger partial charge on any atom is -0.507 e. The highest BCUT2D eigenvalue weighted by atomic mass is 16.5. The van der Waals surface area contributed by atoms with Gasteiger partial charge < -0.3 is 30.0 Å². The van der Waals surface area contributed by atoms with Crippen molar-refractivity contribution >= 4 is 24.0 Å². The van der Waals surface area contributed by atoms with E-state index in [-0.39, 0.29) is 12.3 Å². The van der Waals surface area contributed by atoms with E-state index in [9.17, 15) is 19.5 Å². The molecule has 2 amide bonds. The number of hydrogen-bond acceptors (Lipinski definition) is 8. The summed E-state index contributed by atoms with van der Waals surface area (Å²) in [5.74, 6) is -1.23. The van der Waals surface area contributed by atoms with E-state index in [4.69, 9.17) is 9.47 Å². The first-order valence-corrected chi connectivity index (χ1v) is 11.3. The average Bonchev–Trinajstić information content (AvgIpc) is 2.74. The number of ether oxygens (including phenoxy) is 3. The third-order valence-electron chi connectivity index (χ3n) is 4.89. The van der Waals surface area contributed by atoms with Gasteiger partial charge in [-0.15, -0.1) is 0 Å². The number of aliphatic imine (C=N–C) groups is 1. The van der Waals surface area contributed by atoms with Crippen LogP contribution in [0.25, 0.3) is 0 Å². The number of esters is 1. The number of benzene rings is 1. The molecule has 0 saturated heterocycles. The van der Waals surface area contributed by atoms with Crippen molar-refractivity contribution in [3.63, 3.8) is 0 Å². The predicted molar refractivity (Wildman–Crippen MR) is 133 cm³/mol. The van der Waals surface area contributed by atoms with E-state index in [1.165, 1.54) is 26.5 Å². The van der Waals surface area contributed by atoms with Gasteiger partial charge in [0, 0.05) is 11.8 Å². The molecule has 10 nitrogen and oxygen atoms in total. The van der Waals surface area contributed by atoms with Gasteiger partial charge in [0.15, 0.2) is 0 Å². The second kappa shape index (κ2) is 12.5. The molecule has 1 unspecified atom stereocenters. The van der Waals surface area contributed by atoms with Crippen molar-refractivity contribution in [3.05, 3.63) is 23.8 Å². The highest BCUT2D eigenvalue weighted by Gasteiger charge is 2.36. The number of nitrogens with zero attached hydrogens (tertiary/aromatic N) is 1. The van der Waals surface area contributed by atoms with Crippen LogP contribution in [0.5, 0.6) is 11.5 Å². The van der Waals surface area contributed by atoms with Gasteiger partial charge in [-0.1, -0.05) is 20.8 Å². The highest BCUT2D eigenvalue weighted by Crippen LogP contribution is 2.25. The van der Waals surface area contributed by atoms with Gasteiger partial charge in [-0.3, -0.25) is 19.4 Å². The number of amides is 2. The van der Waals surface area contributed by atoms with Gasteiger partial charge in [0.1, 0.15) is 30.1 Å². The Morgan fingerprint density at radius 3 is 2.23 bits per heavy atom. The topological polar surface area (TPSA) is 136 Å². The summed E-state index contributed by atoms with van der Waals surface area (Å²) in [6, 6.07) is 2.66. The van der Waals surface area contributed by atoms with Gasteiger partial charge in [-0.25, -0.2) is 0 Å². The molecular formula is C25H39N3O7. The molecule has 196 valence electrons. The minimum absolute atomic E-state index is 0.0186. The molecule has 10 heteroatoms. The van der Waals surface area contributed by atoms with Crippen molar-refractivity contribution in [2.45, 2.75) is 72.3 Å². The van der Waals surface area contributed by atoms with Gasteiger partial charge in [0.05, 0.1) is 25.9 Å². The van der Waals surface area contributed by atoms with Crippen molar-refractivity contribution in [2.24, 2.45) is 10.4 Å². The molecule has 1 rings (SSSR count). The van der Waals surface area contributed by atoms with Crippen molar-refractivity contribution in [1.29, 1.82) is 0 Å². The van der Waals surface area contributed by atoms with Gasteiger partial charge in [0.2, 0.25) is 11.8 Å². The Kier molecular flexibility index (Phi) is 10.7. The Morgan fingerprint density at radius 2 is 1.71 bits per heavy atom. The number of carbonyl (C=O) groups is 3. The Labute approximate surface area is 207 Å². The van der Waals surface area contributed by atoms with E-state index in [1.807, 2.05) is 41.5 Å². The third kappa shape index (κ3) is 9.94. The normalized spacial score (nSPS) is 14.7. The molecule has 0 aromatic heterocycles. The number of methoxy groups -OCH3 is 2. The molecule has 0 bridgehead atoms. The molecule has 0 radical (unpaired) electrons. The average molecular weight is 494 g/mol. The number of hydrogen-bond donors (Lipinski definition) is 3. The van der Waals surface area contributed by atoms with Crippen LogP contribution in [0.3, 0.4) is 0 Å². The summed E-state index contributed by atoms with van der Waals surface area (Å²) in [6.07, 6.45) is 0.679. The number of carbonyl (C=O) groups excluding carboxylic acids is 3. The maximum atomic E-state index is 13.4. The van der Waals surface area contributed by atoms with Crippen molar-refractivity contribution in [1.82, 2.24) is 10.6 Å². The molecule has 0 fully saturated rings. The summed E-state index contributed by atoms with van der Waals surface area (Å²) < 4.78 is 15.7. The van der Waals surface area contributed by atoms with Crippen molar-refractivity contribution < 1.29 is 33.7 Å². The lowest BCUT2D eigenvalue weighted by Crippen LogP contribution is -2.57. The minimum atomic E-state index is -1.10. The fraction of sp³-hybridized carbons (Fsp3) is 0.600. The SMILES string of the molecule is COC(=O)CNC(=O)[C@H](NC(=O)[C@@H](N=Cc1cc(OC)ccc1O)C(C)(C)C)C(C)OC(C)(C)C. The largest absolute Gasteiger partial charge is 0.507 e. The van der Waals surface area contributed by atoms with E-state index in [2.05, 4.69) is 20.4 Å². The van der Waals surface area contributed by atoms with Crippen molar-refractivity contribution in [2.75, 3.05) is 20.8 Å². The quantitative estimate of drug-likeness (QED) is 0.336. The Bertz CT molecular complexity index is 917. The van der Waals surface area contributed by atoms with Crippen LogP contribution in [0, 0.1) is 5.41 Å². The molecule has 0 aliphatic rings. The van der Waals surface area contributed by atoms with Crippen LogP contribution < -0.4 is 15.4 Å². The first kappa shape index (κ1) is 29.9. The number of nitrogens with one attached hydrogen (secondary N) is 2. The molecule has 0 aliphatic heterocycles. The molecule has 0 saturated carbocycles. The first-order chi connectivity index (χ1) is 16.1. The number of phenols is 1. The standard InChI is InChI=1S/C25H39N3O7/c1-15(35-25(5,6)7)20(22(31)27-14-19(30)34-9)28-23(32)21(24(2,3)4)26-13-16-12-17(33-8)10-11-18(16)29/h10-13,15,20-21,29H,14H2,1-9H3,(H,27,31)(H,28,32)/t15?,20-,21-/m1/s1. The van der Waals surface area contributed by atoms with Crippen LogP contribution in [-0.4, -0.2) is 73.7 Å². The number of aromatic hydroxyl groups is 1. The first-order valence-electron chi connectivity index (χ1n) is 11.3. The monoisotopic (exact) mass is 493 g/mol. The summed E-state index contributed by atoms with van der Waals surface area (Å²) in [7, 11) is 2.72. The zero-order valence-corrected chi connectivity index (χ0v) is 22.1. The van der Waals surface area contributed by atoms with Crippen LogP contribution in [-0.2, 0) is 23.9 Å². The zero-order chi connectivity index (χ0) is 27.0. The summed E-state index contributed by atoms with van der Waals surface area (Å²) in [6.45, 7) is 12.3. The molecule has 0 spiro atoms. The van der Waals surface area contributed by atoms with Crippen LogP contribution in [0.1, 0.15) is 54.0 Å². The lowest BCUT2D eigenvalue weighted by atomic mass is 9.86. The molecule has 1 aromatic rings. The lowest BCUT2D eigenvalue weighted by Gasteiger charge is -2.33. The van der Waals surface area contributed by atoms with Gasteiger partial charge >= 0.3 is 5.97 Å². The van der Waals surface area contributed by atoms with Crippen LogP contribution in [0.15, 0.2) is 23.2 Å². The van der Waals surface area contributed by atoms with Crippen LogP contribution in [0.2, 0.25) is 0 Å². The number of rotatable bonds is 10. The summed E-state index contributed by atoms with van der Waals surface area (Å²) in [5, 5.41) is 15.4. The van der Waals surface area contributed by atoms with E-state index in [1.54, 1.807) is 19.1 Å². The molecular weight excluding hydrogens is 454 g/mol. The second-order valence-corrected chi connectivity index (χ2v) is 10.2. The lowest BCUT2D eigenvalue weighted by molar-refractivity contribution is -0.143. The molecule has 35 heavy (non-hydrogen) atoms. The van der Waals surface area contributed by atoms with E-state index < -0.39 is 47.0 Å². The maximum absolute atomic E-state index is 13.4. The fourth-order valence-electron chi connectivity index (χ4n) is 3.20. The van der Waals surface area contributed by atoms with Crippen LogP contribution >= 0.6 is 0 Å². The summed E-state index contributed by atoms with van der Waals surface area (Å²) in [5.41, 5.74) is -0.838. The van der Waals surface area contributed by atoms with Crippen LogP contribution in [0.4, 0.5) is 0 Å².